The lowest BCUT2D eigenvalue weighted by atomic mass is 9.98. The molecule has 11 heteroatoms. The number of amides is 4. The number of methoxy groups -OCH3 is 1. The van der Waals surface area contributed by atoms with Crippen molar-refractivity contribution in [2.75, 3.05) is 20.2 Å². The van der Waals surface area contributed by atoms with Crippen LogP contribution in [-0.4, -0.2) is 66.5 Å². The summed E-state index contributed by atoms with van der Waals surface area (Å²) < 4.78 is 9.86. The first kappa shape index (κ1) is 30.4. The molecule has 1 aromatic rings. The van der Waals surface area contributed by atoms with Gasteiger partial charge in [-0.25, -0.2) is 4.79 Å². The van der Waals surface area contributed by atoms with Crippen molar-refractivity contribution in [2.45, 2.75) is 72.1 Å². The number of hydrogen-bond acceptors (Lipinski definition) is 7. The van der Waals surface area contributed by atoms with Gasteiger partial charge in [-0.3, -0.25) is 19.2 Å². The molecule has 4 N–H and O–H groups in total. The van der Waals surface area contributed by atoms with Crippen molar-refractivity contribution in [3.8, 4) is 0 Å². The normalized spacial score (nSPS) is 12.6. The van der Waals surface area contributed by atoms with E-state index in [4.69, 9.17) is 10.5 Å². The molecule has 1 aromatic carbocycles. The molecule has 0 fully saturated rings. The standard InChI is InChI=1S/C25H38N4O7/c1-8-29(23(33)18(11-12-19(26)30)28-24(34)36-25(4,5)6)21(22(32)27-14-20(31)35-7)17-10-9-15(2)16(3)13-17/h9-10,13,18,21H,8,11-12,14H2,1-7H3,(H2,26,30)(H,27,32)(H,28,34). The van der Waals surface area contributed by atoms with Crippen LogP contribution in [0.4, 0.5) is 4.79 Å². The maximum atomic E-state index is 13.7. The predicted molar refractivity (Wildman–Crippen MR) is 133 cm³/mol. The van der Waals surface area contributed by atoms with Crippen LogP contribution in [0.5, 0.6) is 0 Å². The zero-order valence-electron chi connectivity index (χ0n) is 22.1. The van der Waals surface area contributed by atoms with E-state index in [0.29, 0.717) is 5.56 Å². The molecule has 0 saturated carbocycles. The molecule has 1 rings (SSSR count). The van der Waals surface area contributed by atoms with E-state index < -0.39 is 47.5 Å². The van der Waals surface area contributed by atoms with E-state index in [9.17, 15) is 24.0 Å². The van der Waals surface area contributed by atoms with Gasteiger partial charge in [0.1, 0.15) is 24.2 Å². The number of primary amides is 1. The maximum Gasteiger partial charge on any atom is 0.408 e. The number of aryl methyl sites for hydroxylation is 2. The fraction of sp³-hybridized carbons (Fsp3) is 0.560. The Labute approximate surface area is 212 Å². The average molecular weight is 507 g/mol. The van der Waals surface area contributed by atoms with Crippen molar-refractivity contribution < 1.29 is 33.4 Å². The fourth-order valence-corrected chi connectivity index (χ4v) is 3.40. The van der Waals surface area contributed by atoms with Gasteiger partial charge in [0.05, 0.1) is 7.11 Å². The van der Waals surface area contributed by atoms with Gasteiger partial charge in [0.2, 0.25) is 17.7 Å². The second kappa shape index (κ2) is 13.5. The van der Waals surface area contributed by atoms with Gasteiger partial charge in [-0.2, -0.15) is 0 Å². The molecule has 0 aliphatic rings. The lowest BCUT2D eigenvalue weighted by molar-refractivity contribution is -0.144. The maximum absolute atomic E-state index is 13.7. The number of rotatable bonds is 11. The van der Waals surface area contributed by atoms with Gasteiger partial charge in [-0.05, 0) is 64.7 Å². The monoisotopic (exact) mass is 506 g/mol. The Morgan fingerprint density at radius 3 is 2.22 bits per heavy atom. The molecule has 0 aliphatic carbocycles. The van der Waals surface area contributed by atoms with Gasteiger partial charge in [0.15, 0.2) is 0 Å². The van der Waals surface area contributed by atoms with Gasteiger partial charge < -0.3 is 30.7 Å². The third kappa shape index (κ3) is 9.55. The number of ether oxygens (including phenoxy) is 2. The summed E-state index contributed by atoms with van der Waals surface area (Å²) in [7, 11) is 1.20. The van der Waals surface area contributed by atoms with Gasteiger partial charge in [-0.1, -0.05) is 18.2 Å². The second-order valence-electron chi connectivity index (χ2n) is 9.37. The molecule has 0 saturated heterocycles. The molecule has 2 unspecified atom stereocenters. The van der Waals surface area contributed by atoms with Crippen molar-refractivity contribution in [2.24, 2.45) is 5.73 Å². The highest BCUT2D eigenvalue weighted by molar-refractivity contribution is 5.93. The number of nitrogens with zero attached hydrogens (tertiary/aromatic N) is 1. The van der Waals surface area contributed by atoms with E-state index in [2.05, 4.69) is 15.4 Å². The predicted octanol–water partition coefficient (Wildman–Crippen LogP) is 1.64. The summed E-state index contributed by atoms with van der Waals surface area (Å²) in [6.45, 7) is 10.2. The van der Waals surface area contributed by atoms with Gasteiger partial charge >= 0.3 is 12.1 Å². The minimum absolute atomic E-state index is 0.0884. The summed E-state index contributed by atoms with van der Waals surface area (Å²) in [6, 6.07) is 3.03. The number of nitrogens with one attached hydrogen (secondary N) is 2. The first-order valence-electron chi connectivity index (χ1n) is 11.7. The molecule has 0 aliphatic heterocycles. The largest absolute Gasteiger partial charge is 0.468 e. The minimum Gasteiger partial charge on any atom is -0.468 e. The molecule has 11 nitrogen and oxygen atoms in total. The fourth-order valence-electron chi connectivity index (χ4n) is 3.40. The Morgan fingerprint density at radius 2 is 1.72 bits per heavy atom. The van der Waals surface area contributed by atoms with Crippen LogP contribution in [0.15, 0.2) is 18.2 Å². The van der Waals surface area contributed by atoms with Crippen molar-refractivity contribution >= 4 is 29.8 Å². The Bertz CT molecular complexity index is 972. The summed E-state index contributed by atoms with van der Waals surface area (Å²) in [5.41, 5.74) is 6.87. The van der Waals surface area contributed by atoms with Gasteiger partial charge in [0.25, 0.3) is 0 Å². The molecule has 0 radical (unpaired) electrons. The van der Waals surface area contributed by atoms with E-state index in [1.165, 1.54) is 12.0 Å². The Balaban J connectivity index is 3.40. The summed E-state index contributed by atoms with van der Waals surface area (Å²) in [5.74, 6) is -2.52. The first-order valence-corrected chi connectivity index (χ1v) is 11.7. The zero-order valence-corrected chi connectivity index (χ0v) is 22.1. The van der Waals surface area contributed by atoms with Gasteiger partial charge in [0, 0.05) is 13.0 Å². The van der Waals surface area contributed by atoms with E-state index >= 15 is 0 Å². The molecule has 200 valence electrons. The van der Waals surface area contributed by atoms with E-state index in [-0.39, 0.29) is 25.9 Å². The summed E-state index contributed by atoms with van der Waals surface area (Å²) >= 11 is 0. The molecular weight excluding hydrogens is 468 g/mol. The topological polar surface area (TPSA) is 157 Å². The molecule has 0 bridgehead atoms. The number of esters is 1. The van der Waals surface area contributed by atoms with Crippen LogP contribution in [0, 0.1) is 13.8 Å². The SMILES string of the molecule is CCN(C(=O)C(CCC(N)=O)NC(=O)OC(C)(C)C)C(C(=O)NCC(=O)OC)c1ccc(C)c(C)c1. The highest BCUT2D eigenvalue weighted by Gasteiger charge is 2.35. The van der Waals surface area contributed by atoms with Crippen molar-refractivity contribution in [1.29, 1.82) is 0 Å². The number of likely N-dealkylation sites (N-methyl/N-ethyl adjacent to an activating group) is 1. The second-order valence-corrected chi connectivity index (χ2v) is 9.37. The van der Waals surface area contributed by atoms with E-state index in [1.807, 2.05) is 19.9 Å². The van der Waals surface area contributed by atoms with Gasteiger partial charge in [-0.15, -0.1) is 0 Å². The van der Waals surface area contributed by atoms with Crippen LogP contribution in [0.25, 0.3) is 0 Å². The Hall–Kier alpha value is -3.63. The Morgan fingerprint density at radius 1 is 1.08 bits per heavy atom. The lowest BCUT2D eigenvalue weighted by Gasteiger charge is -2.34. The third-order valence-corrected chi connectivity index (χ3v) is 5.33. The number of benzene rings is 1. The number of nitrogens with two attached hydrogens (primary N) is 1. The van der Waals surface area contributed by atoms with E-state index in [0.717, 1.165) is 11.1 Å². The van der Waals surface area contributed by atoms with E-state index in [1.54, 1.807) is 39.8 Å². The molecule has 0 heterocycles. The number of carbonyl (C=O) groups excluding carboxylic acids is 5. The number of hydrogen-bond donors (Lipinski definition) is 3. The quantitative estimate of drug-likeness (QED) is 0.385. The highest BCUT2D eigenvalue weighted by Crippen LogP contribution is 2.25. The van der Waals surface area contributed by atoms with Crippen molar-refractivity contribution in [1.82, 2.24) is 15.5 Å². The van der Waals surface area contributed by atoms with Crippen molar-refractivity contribution in [3.63, 3.8) is 0 Å². The smallest absolute Gasteiger partial charge is 0.408 e. The average Bonchev–Trinajstić information content (AvgIpc) is 2.78. The summed E-state index contributed by atoms with van der Waals surface area (Å²) in [4.78, 5) is 63.7. The molecule has 0 aromatic heterocycles. The Kier molecular flexibility index (Phi) is 11.4. The number of carbonyl (C=O) groups is 5. The van der Waals surface area contributed by atoms with Crippen LogP contribution in [0.1, 0.15) is 63.3 Å². The highest BCUT2D eigenvalue weighted by atomic mass is 16.6. The summed E-state index contributed by atoms with van der Waals surface area (Å²) in [6.07, 6.45) is -1.11. The minimum atomic E-state index is -1.19. The molecule has 2 atom stereocenters. The van der Waals surface area contributed by atoms with Crippen LogP contribution in [0.2, 0.25) is 0 Å². The molecular formula is C25H38N4O7. The third-order valence-electron chi connectivity index (χ3n) is 5.33. The lowest BCUT2D eigenvalue weighted by Crippen LogP contribution is -2.53. The molecule has 4 amide bonds. The van der Waals surface area contributed by atoms with Crippen LogP contribution < -0.4 is 16.4 Å². The van der Waals surface area contributed by atoms with Crippen LogP contribution >= 0.6 is 0 Å². The molecule has 0 spiro atoms. The number of alkyl carbamates (subject to hydrolysis) is 1. The van der Waals surface area contributed by atoms with Crippen molar-refractivity contribution in [3.05, 3.63) is 34.9 Å². The summed E-state index contributed by atoms with van der Waals surface area (Å²) in [5, 5.41) is 5.01. The molecule has 36 heavy (non-hydrogen) atoms. The zero-order chi connectivity index (χ0) is 27.6. The van der Waals surface area contributed by atoms with Crippen LogP contribution in [0.3, 0.4) is 0 Å². The van der Waals surface area contributed by atoms with Crippen LogP contribution in [-0.2, 0) is 28.7 Å². The first-order chi connectivity index (χ1) is 16.7.